The highest BCUT2D eigenvalue weighted by Gasteiger charge is 2.31. The zero-order valence-electron chi connectivity index (χ0n) is 8.57. The number of amides is 1. The molecule has 2 atom stereocenters. The maximum atomic E-state index is 11.3. The lowest BCUT2D eigenvalue weighted by Crippen LogP contribution is -2.30. The van der Waals surface area contributed by atoms with Gasteiger partial charge < -0.3 is 15.8 Å². The lowest BCUT2D eigenvalue weighted by Gasteiger charge is -2.14. The molecule has 2 rings (SSSR count). The summed E-state index contributed by atoms with van der Waals surface area (Å²) >= 11 is 0. The zero-order valence-corrected chi connectivity index (χ0v) is 8.57. The Hall–Kier alpha value is -1.55. The molecule has 0 aliphatic carbocycles. The molecule has 0 unspecified atom stereocenters. The highest BCUT2D eigenvalue weighted by Crippen LogP contribution is 2.30. The van der Waals surface area contributed by atoms with Gasteiger partial charge in [-0.2, -0.15) is 0 Å². The number of carbonyl (C=O) groups is 1. The Kier molecular flexibility index (Phi) is 2.60. The van der Waals surface area contributed by atoms with Crippen molar-refractivity contribution in [3.8, 4) is 5.75 Å². The van der Waals surface area contributed by atoms with Gasteiger partial charge in [-0.05, 0) is 12.5 Å². The van der Waals surface area contributed by atoms with Crippen LogP contribution in [-0.2, 0) is 4.79 Å². The van der Waals surface area contributed by atoms with Crippen LogP contribution in [0, 0.1) is 0 Å². The standard InChI is InChI=1S/C11H14N2O2/c1-15-10-5-3-2-4-7(10)9-6-8(12)11(14)13-9/h2-5,8-9H,6,12H2,1H3,(H,13,14)/t8-,9+/m0/s1. The van der Waals surface area contributed by atoms with Crippen LogP contribution in [0.1, 0.15) is 18.0 Å². The van der Waals surface area contributed by atoms with E-state index in [1.54, 1.807) is 7.11 Å². The lowest BCUT2D eigenvalue weighted by atomic mass is 10.0. The Morgan fingerprint density at radius 1 is 1.47 bits per heavy atom. The van der Waals surface area contributed by atoms with E-state index in [0.717, 1.165) is 11.3 Å². The van der Waals surface area contributed by atoms with Crippen molar-refractivity contribution in [2.24, 2.45) is 5.73 Å². The van der Waals surface area contributed by atoms with Crippen molar-refractivity contribution in [2.45, 2.75) is 18.5 Å². The van der Waals surface area contributed by atoms with E-state index in [4.69, 9.17) is 10.5 Å². The van der Waals surface area contributed by atoms with Crippen LogP contribution in [0.15, 0.2) is 24.3 Å². The van der Waals surface area contributed by atoms with Gasteiger partial charge in [0.25, 0.3) is 0 Å². The maximum Gasteiger partial charge on any atom is 0.237 e. The van der Waals surface area contributed by atoms with E-state index in [0.29, 0.717) is 6.42 Å². The molecule has 1 aliphatic heterocycles. The average molecular weight is 206 g/mol. The minimum absolute atomic E-state index is 0.0244. The monoisotopic (exact) mass is 206 g/mol. The number of rotatable bonds is 2. The molecule has 1 saturated heterocycles. The molecule has 4 heteroatoms. The Morgan fingerprint density at radius 2 is 2.20 bits per heavy atom. The highest BCUT2D eigenvalue weighted by atomic mass is 16.5. The van der Waals surface area contributed by atoms with Crippen LogP contribution >= 0.6 is 0 Å². The van der Waals surface area contributed by atoms with E-state index in [1.165, 1.54) is 0 Å². The van der Waals surface area contributed by atoms with Gasteiger partial charge in [-0.15, -0.1) is 0 Å². The topological polar surface area (TPSA) is 64.3 Å². The summed E-state index contributed by atoms with van der Waals surface area (Å²) in [6.07, 6.45) is 0.624. The van der Waals surface area contributed by atoms with Gasteiger partial charge in [0.2, 0.25) is 5.91 Å². The zero-order chi connectivity index (χ0) is 10.8. The molecule has 0 bridgehead atoms. The molecule has 0 radical (unpaired) electrons. The van der Waals surface area contributed by atoms with Crippen molar-refractivity contribution < 1.29 is 9.53 Å². The summed E-state index contributed by atoms with van der Waals surface area (Å²) in [4.78, 5) is 11.3. The first kappa shape index (κ1) is 9.98. The predicted octanol–water partition coefficient (Wildman–Crippen LogP) is 0.583. The van der Waals surface area contributed by atoms with Gasteiger partial charge in [0.15, 0.2) is 0 Å². The van der Waals surface area contributed by atoms with Crippen LogP contribution in [0.5, 0.6) is 5.75 Å². The molecule has 1 aromatic carbocycles. The summed E-state index contributed by atoms with van der Waals surface area (Å²) in [6, 6.07) is 7.23. The van der Waals surface area contributed by atoms with E-state index in [1.807, 2.05) is 24.3 Å². The molecule has 1 heterocycles. The molecule has 4 nitrogen and oxygen atoms in total. The molecule has 1 aromatic rings. The van der Waals surface area contributed by atoms with Gasteiger partial charge in [-0.25, -0.2) is 0 Å². The second-order valence-electron chi connectivity index (χ2n) is 3.65. The number of ether oxygens (including phenoxy) is 1. The maximum absolute atomic E-state index is 11.3. The van der Waals surface area contributed by atoms with Crippen LogP contribution in [0.2, 0.25) is 0 Å². The first-order valence-electron chi connectivity index (χ1n) is 4.91. The van der Waals surface area contributed by atoms with Gasteiger partial charge >= 0.3 is 0 Å². The quantitative estimate of drug-likeness (QED) is 0.744. The molecule has 3 N–H and O–H groups in total. The molecule has 1 fully saturated rings. The molecule has 0 spiro atoms. The van der Waals surface area contributed by atoms with E-state index < -0.39 is 6.04 Å². The molecule has 1 aliphatic rings. The first-order chi connectivity index (χ1) is 7.22. The number of carbonyl (C=O) groups excluding carboxylic acids is 1. The van der Waals surface area contributed by atoms with Gasteiger partial charge in [0.05, 0.1) is 19.2 Å². The summed E-state index contributed by atoms with van der Waals surface area (Å²) in [5.41, 5.74) is 6.63. The fraction of sp³-hybridized carbons (Fsp3) is 0.364. The van der Waals surface area contributed by atoms with E-state index in [-0.39, 0.29) is 11.9 Å². The molecule has 0 saturated carbocycles. The Bertz CT molecular complexity index is 379. The van der Waals surface area contributed by atoms with Crippen LogP contribution in [0.25, 0.3) is 0 Å². The van der Waals surface area contributed by atoms with E-state index in [2.05, 4.69) is 5.32 Å². The number of benzene rings is 1. The summed E-state index contributed by atoms with van der Waals surface area (Å²) in [6.45, 7) is 0. The van der Waals surface area contributed by atoms with Gasteiger partial charge in [0.1, 0.15) is 5.75 Å². The van der Waals surface area contributed by atoms with Crippen LogP contribution < -0.4 is 15.8 Å². The van der Waals surface area contributed by atoms with Crippen molar-refractivity contribution in [3.05, 3.63) is 29.8 Å². The Labute approximate surface area is 88.4 Å². The number of nitrogens with one attached hydrogen (secondary N) is 1. The number of para-hydroxylation sites is 1. The molecule has 80 valence electrons. The fourth-order valence-corrected chi connectivity index (χ4v) is 1.86. The Morgan fingerprint density at radius 3 is 2.80 bits per heavy atom. The summed E-state index contributed by atoms with van der Waals surface area (Å²) < 4.78 is 5.24. The smallest absolute Gasteiger partial charge is 0.237 e. The number of hydrogen-bond acceptors (Lipinski definition) is 3. The van der Waals surface area contributed by atoms with Gasteiger partial charge in [0, 0.05) is 5.56 Å². The second kappa shape index (κ2) is 3.90. The van der Waals surface area contributed by atoms with Crippen molar-refractivity contribution in [1.82, 2.24) is 5.32 Å². The van der Waals surface area contributed by atoms with Gasteiger partial charge in [-0.3, -0.25) is 4.79 Å². The minimum Gasteiger partial charge on any atom is -0.496 e. The minimum atomic E-state index is -0.403. The molecule has 15 heavy (non-hydrogen) atoms. The molecule has 1 amide bonds. The van der Waals surface area contributed by atoms with Crippen LogP contribution in [0.3, 0.4) is 0 Å². The van der Waals surface area contributed by atoms with Gasteiger partial charge in [-0.1, -0.05) is 18.2 Å². The second-order valence-corrected chi connectivity index (χ2v) is 3.65. The van der Waals surface area contributed by atoms with Crippen molar-refractivity contribution in [2.75, 3.05) is 7.11 Å². The predicted molar refractivity (Wildman–Crippen MR) is 56.5 cm³/mol. The number of methoxy groups -OCH3 is 1. The largest absolute Gasteiger partial charge is 0.496 e. The summed E-state index contributed by atoms with van der Waals surface area (Å²) in [5.74, 6) is 0.697. The third-order valence-electron chi connectivity index (χ3n) is 2.66. The Balaban J connectivity index is 2.27. The van der Waals surface area contributed by atoms with Crippen LogP contribution in [-0.4, -0.2) is 19.1 Å². The normalized spacial score (nSPS) is 25.1. The molecular formula is C11H14N2O2. The van der Waals surface area contributed by atoms with E-state index >= 15 is 0 Å². The van der Waals surface area contributed by atoms with Crippen molar-refractivity contribution >= 4 is 5.91 Å². The van der Waals surface area contributed by atoms with Crippen molar-refractivity contribution in [3.63, 3.8) is 0 Å². The third kappa shape index (κ3) is 1.80. The molecular weight excluding hydrogens is 192 g/mol. The van der Waals surface area contributed by atoms with E-state index in [9.17, 15) is 4.79 Å². The summed E-state index contributed by atoms with van der Waals surface area (Å²) in [7, 11) is 1.62. The SMILES string of the molecule is COc1ccccc1[C@H]1C[C@H](N)C(=O)N1. The number of nitrogens with two attached hydrogens (primary N) is 1. The van der Waals surface area contributed by atoms with Crippen molar-refractivity contribution in [1.29, 1.82) is 0 Å². The lowest BCUT2D eigenvalue weighted by molar-refractivity contribution is -0.120. The molecule has 0 aromatic heterocycles. The first-order valence-corrected chi connectivity index (χ1v) is 4.91. The highest BCUT2D eigenvalue weighted by molar-refractivity contribution is 5.84. The summed E-state index contributed by atoms with van der Waals surface area (Å²) in [5, 5.41) is 2.85. The average Bonchev–Trinajstić information content (AvgIpc) is 2.59. The third-order valence-corrected chi connectivity index (χ3v) is 2.66. The van der Waals surface area contributed by atoms with Crippen LogP contribution in [0.4, 0.5) is 0 Å². The number of hydrogen-bond donors (Lipinski definition) is 2. The fourth-order valence-electron chi connectivity index (χ4n) is 1.86.